The predicted octanol–water partition coefficient (Wildman–Crippen LogP) is -1.09. The number of carboxylic acid groups (broad SMARTS) is 2. The number of hydrogen-bond acceptors (Lipinski definition) is 8. The summed E-state index contributed by atoms with van der Waals surface area (Å²) in [5.74, 6) is -3.58. The number of nitrogens with two attached hydrogens (primary N) is 1. The first-order valence-corrected chi connectivity index (χ1v) is 11.9. The Labute approximate surface area is 190 Å². The molecule has 4 unspecified atom stereocenters. The molecule has 1 rings (SSSR count). The van der Waals surface area contributed by atoms with Gasteiger partial charge in [-0.15, -0.1) is 0 Å². The molecular formula is C18H30N4O7S2. The zero-order valence-electron chi connectivity index (χ0n) is 17.3. The maximum absolute atomic E-state index is 13.0. The molecule has 3 amide bonds. The van der Waals surface area contributed by atoms with E-state index >= 15 is 0 Å². The molecule has 0 aromatic carbocycles. The van der Waals surface area contributed by atoms with Gasteiger partial charge in [0.2, 0.25) is 17.7 Å². The minimum absolute atomic E-state index is 0.0773. The molecule has 4 atom stereocenters. The normalized spacial score (nSPS) is 18.7. The van der Waals surface area contributed by atoms with Gasteiger partial charge in [0.1, 0.15) is 18.1 Å². The average molecular weight is 479 g/mol. The molecule has 1 aliphatic rings. The molecule has 0 aromatic heterocycles. The number of thioether (sulfide) groups is 1. The second-order valence-electron chi connectivity index (χ2n) is 7.15. The molecular weight excluding hydrogens is 448 g/mol. The molecule has 0 spiro atoms. The molecule has 176 valence electrons. The summed E-state index contributed by atoms with van der Waals surface area (Å²) in [6, 6.07) is -4.15. The van der Waals surface area contributed by atoms with Gasteiger partial charge in [-0.25, -0.2) is 4.79 Å². The van der Waals surface area contributed by atoms with E-state index in [9.17, 15) is 29.1 Å². The van der Waals surface area contributed by atoms with Crippen LogP contribution in [0.4, 0.5) is 0 Å². The monoisotopic (exact) mass is 478 g/mol. The number of carbonyl (C=O) groups excluding carboxylic acids is 3. The van der Waals surface area contributed by atoms with Gasteiger partial charge in [0, 0.05) is 18.7 Å². The van der Waals surface area contributed by atoms with Gasteiger partial charge >= 0.3 is 11.9 Å². The molecule has 0 radical (unpaired) electrons. The lowest BCUT2D eigenvalue weighted by Crippen LogP contribution is -2.57. The number of carbonyl (C=O) groups is 5. The molecule has 0 saturated carbocycles. The Bertz CT molecular complexity index is 679. The number of hydrogen-bond donors (Lipinski definition) is 6. The Morgan fingerprint density at radius 1 is 1.13 bits per heavy atom. The summed E-state index contributed by atoms with van der Waals surface area (Å²) in [6.07, 6.45) is 2.27. The van der Waals surface area contributed by atoms with Crippen LogP contribution in [0.25, 0.3) is 0 Å². The van der Waals surface area contributed by atoms with Crippen LogP contribution in [-0.4, -0.2) is 93.2 Å². The molecule has 1 aliphatic heterocycles. The Morgan fingerprint density at radius 3 is 2.32 bits per heavy atom. The first kappa shape index (κ1) is 27.0. The number of rotatable bonds is 13. The maximum atomic E-state index is 13.0. The highest BCUT2D eigenvalue weighted by Gasteiger charge is 2.38. The third-order valence-corrected chi connectivity index (χ3v) is 5.90. The van der Waals surface area contributed by atoms with E-state index in [0.29, 0.717) is 12.2 Å². The van der Waals surface area contributed by atoms with Crippen LogP contribution in [0.2, 0.25) is 0 Å². The second-order valence-corrected chi connectivity index (χ2v) is 8.50. The SMILES string of the molecule is CSCCC(NC(=O)C(N)CS)C(=O)NC(CCC(=O)O)C(=O)N1CCCC1C(=O)O. The van der Waals surface area contributed by atoms with E-state index in [4.69, 9.17) is 10.8 Å². The van der Waals surface area contributed by atoms with Crippen molar-refractivity contribution in [1.29, 1.82) is 0 Å². The van der Waals surface area contributed by atoms with Crippen molar-refractivity contribution in [3.05, 3.63) is 0 Å². The van der Waals surface area contributed by atoms with Crippen LogP contribution in [-0.2, 0) is 24.0 Å². The number of nitrogens with one attached hydrogen (secondary N) is 2. The summed E-state index contributed by atoms with van der Waals surface area (Å²) >= 11 is 5.42. The van der Waals surface area contributed by atoms with Crippen LogP contribution in [0.15, 0.2) is 0 Å². The molecule has 1 saturated heterocycles. The third-order valence-electron chi connectivity index (χ3n) is 4.86. The summed E-state index contributed by atoms with van der Waals surface area (Å²) in [6.45, 7) is 0.207. The molecule has 0 bridgehead atoms. The largest absolute Gasteiger partial charge is 0.481 e. The van der Waals surface area contributed by atoms with E-state index in [-0.39, 0.29) is 31.6 Å². The van der Waals surface area contributed by atoms with Gasteiger partial charge in [-0.1, -0.05) is 0 Å². The topological polar surface area (TPSA) is 179 Å². The summed E-state index contributed by atoms with van der Waals surface area (Å²) in [5, 5.41) is 23.4. The van der Waals surface area contributed by atoms with Crippen molar-refractivity contribution < 1.29 is 34.2 Å². The fourth-order valence-electron chi connectivity index (χ4n) is 3.15. The maximum Gasteiger partial charge on any atom is 0.326 e. The van der Waals surface area contributed by atoms with Gasteiger partial charge in [-0.2, -0.15) is 24.4 Å². The number of carboxylic acids is 2. The van der Waals surface area contributed by atoms with Crippen molar-refractivity contribution in [2.75, 3.05) is 24.3 Å². The van der Waals surface area contributed by atoms with E-state index in [1.807, 2.05) is 6.26 Å². The van der Waals surface area contributed by atoms with Crippen molar-refractivity contribution in [3.63, 3.8) is 0 Å². The highest BCUT2D eigenvalue weighted by molar-refractivity contribution is 7.98. The van der Waals surface area contributed by atoms with Crippen LogP contribution in [0.3, 0.4) is 0 Å². The lowest BCUT2D eigenvalue weighted by atomic mass is 10.1. The Kier molecular flexibility index (Phi) is 11.7. The van der Waals surface area contributed by atoms with Gasteiger partial charge < -0.3 is 31.5 Å². The summed E-state index contributed by atoms with van der Waals surface area (Å²) < 4.78 is 0. The molecule has 1 heterocycles. The highest BCUT2D eigenvalue weighted by Crippen LogP contribution is 2.20. The van der Waals surface area contributed by atoms with Gasteiger partial charge in [0.05, 0.1) is 6.04 Å². The first-order valence-electron chi connectivity index (χ1n) is 9.83. The quantitative estimate of drug-likeness (QED) is 0.179. The number of thiol groups is 1. The van der Waals surface area contributed by atoms with Gasteiger partial charge in [-0.3, -0.25) is 19.2 Å². The molecule has 0 aromatic rings. The van der Waals surface area contributed by atoms with Crippen molar-refractivity contribution in [2.45, 2.75) is 56.3 Å². The number of nitrogens with zero attached hydrogens (tertiary/aromatic N) is 1. The molecule has 6 N–H and O–H groups in total. The van der Waals surface area contributed by atoms with Crippen LogP contribution in [0.5, 0.6) is 0 Å². The summed E-state index contributed by atoms with van der Waals surface area (Å²) in [5.41, 5.74) is 5.64. The number of likely N-dealkylation sites (tertiary alicyclic amines) is 1. The standard InChI is InChI=1S/C18H30N4O7S2/c1-31-8-6-11(20-15(25)10(19)9-30)16(26)21-12(4-5-14(23)24)17(27)22-7-2-3-13(22)18(28)29/h10-13,30H,2-9,19H2,1H3,(H,20,25)(H,21,26)(H,23,24)(H,28,29). The smallest absolute Gasteiger partial charge is 0.326 e. The fourth-order valence-corrected chi connectivity index (χ4v) is 3.79. The summed E-state index contributed by atoms with van der Waals surface area (Å²) in [7, 11) is 0. The number of aliphatic carboxylic acids is 2. The van der Waals surface area contributed by atoms with Crippen LogP contribution < -0.4 is 16.4 Å². The molecule has 1 fully saturated rings. The molecule has 0 aliphatic carbocycles. The molecule has 31 heavy (non-hydrogen) atoms. The van der Waals surface area contributed by atoms with Crippen molar-refractivity contribution >= 4 is 54.1 Å². The zero-order valence-corrected chi connectivity index (χ0v) is 19.0. The van der Waals surface area contributed by atoms with Crippen LogP contribution >= 0.6 is 24.4 Å². The van der Waals surface area contributed by atoms with Gasteiger partial charge in [0.25, 0.3) is 0 Å². The molecule has 13 heteroatoms. The van der Waals surface area contributed by atoms with Gasteiger partial charge in [0.15, 0.2) is 0 Å². The van der Waals surface area contributed by atoms with E-state index < -0.39 is 60.2 Å². The van der Waals surface area contributed by atoms with Gasteiger partial charge in [-0.05, 0) is 37.7 Å². The van der Waals surface area contributed by atoms with Crippen LogP contribution in [0, 0.1) is 0 Å². The highest BCUT2D eigenvalue weighted by atomic mass is 32.2. The van der Waals surface area contributed by atoms with E-state index in [1.54, 1.807) is 0 Å². The minimum Gasteiger partial charge on any atom is -0.481 e. The predicted molar refractivity (Wildman–Crippen MR) is 118 cm³/mol. The Balaban J connectivity index is 2.99. The lowest BCUT2D eigenvalue weighted by Gasteiger charge is -2.28. The van der Waals surface area contributed by atoms with Crippen molar-refractivity contribution in [1.82, 2.24) is 15.5 Å². The van der Waals surface area contributed by atoms with E-state index in [1.165, 1.54) is 11.8 Å². The third kappa shape index (κ3) is 8.57. The van der Waals surface area contributed by atoms with Crippen molar-refractivity contribution in [3.8, 4) is 0 Å². The van der Waals surface area contributed by atoms with E-state index in [0.717, 1.165) is 4.90 Å². The lowest BCUT2D eigenvalue weighted by molar-refractivity contribution is -0.150. The second kappa shape index (κ2) is 13.4. The minimum atomic E-state index is -1.23. The number of amides is 3. The first-order chi connectivity index (χ1) is 14.6. The summed E-state index contributed by atoms with van der Waals surface area (Å²) in [4.78, 5) is 61.5. The molecule has 11 nitrogen and oxygen atoms in total. The average Bonchev–Trinajstić information content (AvgIpc) is 3.22. The van der Waals surface area contributed by atoms with E-state index in [2.05, 4.69) is 23.3 Å². The Hall–Kier alpha value is -1.99. The Morgan fingerprint density at radius 2 is 1.77 bits per heavy atom. The zero-order chi connectivity index (χ0) is 23.6. The van der Waals surface area contributed by atoms with Crippen LogP contribution in [0.1, 0.15) is 32.1 Å². The fraction of sp³-hybridized carbons (Fsp3) is 0.722. The van der Waals surface area contributed by atoms with Crippen molar-refractivity contribution in [2.24, 2.45) is 5.73 Å².